The topological polar surface area (TPSA) is 51.2 Å². The molecule has 0 saturated heterocycles. The molecule has 1 saturated carbocycles. The largest absolute Gasteiger partial charge is 0.389 e. The van der Waals surface area contributed by atoms with Crippen molar-refractivity contribution in [2.45, 2.75) is 37.5 Å². The van der Waals surface area contributed by atoms with Crippen LogP contribution in [0.15, 0.2) is 48.5 Å². The Morgan fingerprint density at radius 2 is 1.48 bits per heavy atom. The highest BCUT2D eigenvalue weighted by Crippen LogP contribution is 2.37. The molecule has 1 fully saturated rings. The van der Waals surface area contributed by atoms with Crippen LogP contribution >= 0.6 is 0 Å². The van der Waals surface area contributed by atoms with Gasteiger partial charge < -0.3 is 15.4 Å². The number of aliphatic hydroxyl groups is 1. The zero-order chi connectivity index (χ0) is 14.4. The molecule has 2 aromatic carbocycles. The Bertz CT molecular complexity index is 739. The lowest BCUT2D eigenvalue weighted by atomic mass is 9.88. The summed E-state index contributed by atoms with van der Waals surface area (Å²) in [6, 6.07) is 16.8. The number of rotatable bonds is 1. The Morgan fingerprint density at radius 1 is 0.905 bits per heavy atom. The highest BCUT2D eigenvalue weighted by atomic mass is 16.3. The molecule has 1 aromatic heterocycles. The maximum absolute atomic E-state index is 10.6. The van der Waals surface area contributed by atoms with Crippen LogP contribution < -0.4 is 5.73 Å². The summed E-state index contributed by atoms with van der Waals surface area (Å²) >= 11 is 0. The van der Waals surface area contributed by atoms with E-state index in [2.05, 4.69) is 53.1 Å². The molecular weight excluding hydrogens is 260 g/mol. The summed E-state index contributed by atoms with van der Waals surface area (Å²) in [6.07, 6.45) is 2.49. The molecule has 3 nitrogen and oxygen atoms in total. The number of hydrogen-bond donors (Lipinski definition) is 2. The maximum atomic E-state index is 10.6. The summed E-state index contributed by atoms with van der Waals surface area (Å²) in [5, 5.41) is 13.1. The number of aromatic nitrogens is 1. The predicted molar refractivity (Wildman–Crippen MR) is 86.3 cm³/mol. The van der Waals surface area contributed by atoms with Gasteiger partial charge in [-0.05, 0) is 31.4 Å². The lowest BCUT2D eigenvalue weighted by Crippen LogP contribution is -2.44. The molecule has 1 aliphatic carbocycles. The fourth-order valence-corrected chi connectivity index (χ4v) is 3.78. The average Bonchev–Trinajstić information content (AvgIpc) is 2.85. The Labute approximate surface area is 124 Å². The molecule has 0 bridgehead atoms. The van der Waals surface area contributed by atoms with Gasteiger partial charge in [0.05, 0.1) is 12.1 Å². The smallest absolute Gasteiger partial charge is 0.0897 e. The van der Waals surface area contributed by atoms with Gasteiger partial charge in [0.15, 0.2) is 0 Å². The highest BCUT2D eigenvalue weighted by molar-refractivity contribution is 6.08. The summed E-state index contributed by atoms with van der Waals surface area (Å²) in [5.74, 6) is 0. The van der Waals surface area contributed by atoms with Crippen LogP contribution in [0.3, 0.4) is 0 Å². The molecule has 3 N–H and O–H groups in total. The van der Waals surface area contributed by atoms with Gasteiger partial charge >= 0.3 is 0 Å². The molecule has 4 rings (SSSR count). The Morgan fingerprint density at radius 3 is 2.10 bits per heavy atom. The summed E-state index contributed by atoms with van der Waals surface area (Å²) in [6.45, 7) is 0. The van der Waals surface area contributed by atoms with Crippen LogP contribution in [0.4, 0.5) is 0 Å². The third-order valence-corrected chi connectivity index (χ3v) is 4.82. The van der Waals surface area contributed by atoms with Crippen LogP contribution in [0.25, 0.3) is 21.8 Å². The molecular formula is C18H20N2O. The van der Waals surface area contributed by atoms with Crippen LogP contribution in [0, 0.1) is 0 Å². The lowest BCUT2D eigenvalue weighted by molar-refractivity contribution is 0.0606. The van der Waals surface area contributed by atoms with Crippen molar-refractivity contribution in [1.82, 2.24) is 4.57 Å². The fraction of sp³-hybridized carbons (Fsp3) is 0.333. The van der Waals surface area contributed by atoms with E-state index in [-0.39, 0.29) is 12.1 Å². The molecule has 3 heteroatoms. The van der Waals surface area contributed by atoms with E-state index < -0.39 is 6.10 Å². The third kappa shape index (κ3) is 1.88. The maximum Gasteiger partial charge on any atom is 0.0897 e. The van der Waals surface area contributed by atoms with E-state index in [0.29, 0.717) is 0 Å². The molecule has 1 aliphatic rings. The van der Waals surface area contributed by atoms with Gasteiger partial charge in [0, 0.05) is 27.8 Å². The first-order chi connectivity index (χ1) is 10.3. The molecule has 108 valence electrons. The number of para-hydroxylation sites is 2. The average molecular weight is 280 g/mol. The summed E-state index contributed by atoms with van der Waals surface area (Å²) < 4.78 is 2.30. The molecule has 21 heavy (non-hydrogen) atoms. The second-order valence-electron chi connectivity index (χ2n) is 6.06. The Balaban J connectivity index is 2.01. The Kier molecular flexibility index (Phi) is 2.98. The normalized spacial score (nSPS) is 26.5. The van der Waals surface area contributed by atoms with Gasteiger partial charge in [0.25, 0.3) is 0 Å². The quantitative estimate of drug-likeness (QED) is 0.719. The standard InChI is InChI=1S/C18H20N2O/c19-14-8-5-11-17(18(14)21)20-15-9-3-1-6-12(15)13-7-2-4-10-16(13)20/h1-4,6-7,9-10,14,17-18,21H,5,8,11,19H2/t14-,17?,18+/m0/s1. The molecule has 1 unspecified atom stereocenters. The van der Waals surface area contributed by atoms with Crippen molar-refractivity contribution >= 4 is 21.8 Å². The molecule has 0 radical (unpaired) electrons. The summed E-state index contributed by atoms with van der Waals surface area (Å²) in [5.41, 5.74) is 8.48. The molecule has 1 heterocycles. The van der Waals surface area contributed by atoms with Crippen molar-refractivity contribution in [3.63, 3.8) is 0 Å². The number of nitrogens with two attached hydrogens (primary N) is 1. The summed E-state index contributed by atoms with van der Waals surface area (Å²) in [4.78, 5) is 0. The first kappa shape index (κ1) is 12.9. The van der Waals surface area contributed by atoms with Gasteiger partial charge in [0.1, 0.15) is 0 Å². The second-order valence-corrected chi connectivity index (χ2v) is 6.06. The Hall–Kier alpha value is -1.84. The van der Waals surface area contributed by atoms with E-state index >= 15 is 0 Å². The van der Waals surface area contributed by atoms with E-state index in [1.807, 2.05) is 0 Å². The van der Waals surface area contributed by atoms with E-state index in [1.54, 1.807) is 0 Å². The van der Waals surface area contributed by atoms with Crippen molar-refractivity contribution in [2.24, 2.45) is 5.73 Å². The van der Waals surface area contributed by atoms with E-state index in [9.17, 15) is 5.11 Å². The minimum absolute atomic E-state index is 0.0681. The molecule has 3 atom stereocenters. The van der Waals surface area contributed by atoms with Gasteiger partial charge in [0.2, 0.25) is 0 Å². The minimum atomic E-state index is -0.474. The number of nitrogens with zero attached hydrogens (tertiary/aromatic N) is 1. The predicted octanol–water partition coefficient (Wildman–Crippen LogP) is 3.21. The lowest BCUT2D eigenvalue weighted by Gasteiger charge is -2.34. The molecule has 3 aromatic rings. The first-order valence-corrected chi connectivity index (χ1v) is 7.68. The van der Waals surface area contributed by atoms with Crippen LogP contribution in [0.2, 0.25) is 0 Å². The third-order valence-electron chi connectivity index (χ3n) is 4.82. The van der Waals surface area contributed by atoms with E-state index in [4.69, 9.17) is 5.73 Å². The van der Waals surface area contributed by atoms with Crippen molar-refractivity contribution in [3.8, 4) is 0 Å². The zero-order valence-corrected chi connectivity index (χ0v) is 11.9. The van der Waals surface area contributed by atoms with Gasteiger partial charge in [-0.2, -0.15) is 0 Å². The monoisotopic (exact) mass is 280 g/mol. The number of aliphatic hydroxyl groups excluding tert-OH is 1. The van der Waals surface area contributed by atoms with E-state index in [0.717, 1.165) is 19.3 Å². The van der Waals surface area contributed by atoms with Crippen LogP contribution in [0.5, 0.6) is 0 Å². The zero-order valence-electron chi connectivity index (χ0n) is 11.9. The summed E-state index contributed by atoms with van der Waals surface area (Å²) in [7, 11) is 0. The minimum Gasteiger partial charge on any atom is -0.389 e. The van der Waals surface area contributed by atoms with E-state index in [1.165, 1.54) is 21.8 Å². The van der Waals surface area contributed by atoms with Crippen molar-refractivity contribution in [2.75, 3.05) is 0 Å². The van der Waals surface area contributed by atoms with Crippen LogP contribution in [-0.2, 0) is 0 Å². The van der Waals surface area contributed by atoms with Crippen molar-refractivity contribution in [1.29, 1.82) is 0 Å². The SMILES string of the molecule is N[C@H]1CCCC(n2c3ccccc3c3ccccc32)[C@@H]1O. The van der Waals surface area contributed by atoms with Gasteiger partial charge in [-0.3, -0.25) is 0 Å². The first-order valence-electron chi connectivity index (χ1n) is 7.68. The van der Waals surface area contributed by atoms with Crippen LogP contribution in [0.1, 0.15) is 25.3 Å². The van der Waals surface area contributed by atoms with Crippen molar-refractivity contribution < 1.29 is 5.11 Å². The highest BCUT2D eigenvalue weighted by Gasteiger charge is 2.32. The van der Waals surface area contributed by atoms with Crippen molar-refractivity contribution in [3.05, 3.63) is 48.5 Å². The van der Waals surface area contributed by atoms with Gasteiger partial charge in [-0.15, -0.1) is 0 Å². The molecule has 0 spiro atoms. The number of benzene rings is 2. The van der Waals surface area contributed by atoms with Gasteiger partial charge in [-0.1, -0.05) is 36.4 Å². The molecule has 0 aliphatic heterocycles. The fourth-order valence-electron chi connectivity index (χ4n) is 3.78. The second kappa shape index (κ2) is 4.86. The number of fused-ring (bicyclic) bond motifs is 3. The van der Waals surface area contributed by atoms with Gasteiger partial charge in [-0.25, -0.2) is 0 Å². The van der Waals surface area contributed by atoms with Crippen LogP contribution in [-0.4, -0.2) is 21.8 Å². The molecule has 0 amide bonds. The number of hydrogen-bond acceptors (Lipinski definition) is 2.